The number of nitrogens with zero attached hydrogens (tertiary/aromatic N) is 1. The van der Waals surface area contributed by atoms with Crippen LogP contribution in [0.1, 0.15) is 42.5 Å². The van der Waals surface area contributed by atoms with Crippen molar-refractivity contribution in [2.45, 2.75) is 39.3 Å². The second-order valence-corrected chi connectivity index (χ2v) is 7.11. The summed E-state index contributed by atoms with van der Waals surface area (Å²) in [7, 11) is 1.62. The van der Waals surface area contributed by atoms with Gasteiger partial charge in [0.25, 0.3) is 0 Å². The minimum absolute atomic E-state index is 0.156. The minimum atomic E-state index is -0.251. The Hall–Kier alpha value is -3.02. The van der Waals surface area contributed by atoms with E-state index in [1.54, 1.807) is 12.0 Å². The Kier molecular flexibility index (Phi) is 6.19. The number of aryl methyl sites for hydroxylation is 1. The summed E-state index contributed by atoms with van der Waals surface area (Å²) in [5, 5.41) is 5.84. The second kappa shape index (κ2) is 8.78. The molecule has 1 saturated heterocycles. The van der Waals surface area contributed by atoms with Crippen molar-refractivity contribution in [3.8, 4) is 5.75 Å². The fraction of sp³-hybridized carbons (Fsp3) is 0.364. The standard InChI is InChI=1S/C22H27N3O3/c1-15-9-10-20(28-3)19(12-15)16(2)24-22(27)23-14-17-6-4-7-18(13-17)25-11-5-8-21(25)26/h4,6-7,9-10,12-13,16H,5,8,11,14H2,1-3H3,(H2,23,24,27). The quantitative estimate of drug-likeness (QED) is 0.802. The summed E-state index contributed by atoms with van der Waals surface area (Å²) in [5.41, 5.74) is 3.89. The molecule has 28 heavy (non-hydrogen) atoms. The zero-order valence-corrected chi connectivity index (χ0v) is 16.6. The van der Waals surface area contributed by atoms with E-state index in [1.807, 2.05) is 56.3 Å². The van der Waals surface area contributed by atoms with Crippen molar-refractivity contribution in [2.75, 3.05) is 18.6 Å². The van der Waals surface area contributed by atoms with Crippen LogP contribution < -0.4 is 20.3 Å². The molecule has 1 aliphatic rings. The average molecular weight is 381 g/mol. The number of hydrogen-bond acceptors (Lipinski definition) is 3. The van der Waals surface area contributed by atoms with Crippen molar-refractivity contribution < 1.29 is 14.3 Å². The highest BCUT2D eigenvalue weighted by atomic mass is 16.5. The van der Waals surface area contributed by atoms with Crippen LogP contribution in [0.5, 0.6) is 5.75 Å². The van der Waals surface area contributed by atoms with Gasteiger partial charge in [-0.15, -0.1) is 0 Å². The number of benzene rings is 2. The van der Waals surface area contributed by atoms with E-state index < -0.39 is 0 Å². The zero-order valence-electron chi connectivity index (χ0n) is 16.6. The van der Waals surface area contributed by atoms with E-state index >= 15 is 0 Å². The van der Waals surface area contributed by atoms with E-state index in [4.69, 9.17) is 4.74 Å². The molecular formula is C22H27N3O3. The van der Waals surface area contributed by atoms with Crippen molar-refractivity contribution in [2.24, 2.45) is 0 Å². The highest BCUT2D eigenvalue weighted by molar-refractivity contribution is 5.95. The van der Waals surface area contributed by atoms with E-state index in [1.165, 1.54) is 0 Å². The minimum Gasteiger partial charge on any atom is -0.496 e. The summed E-state index contributed by atoms with van der Waals surface area (Å²) >= 11 is 0. The van der Waals surface area contributed by atoms with Crippen molar-refractivity contribution >= 4 is 17.6 Å². The summed E-state index contributed by atoms with van der Waals surface area (Å²) in [6, 6.07) is 13.2. The largest absolute Gasteiger partial charge is 0.496 e. The van der Waals surface area contributed by atoms with Gasteiger partial charge >= 0.3 is 6.03 Å². The van der Waals surface area contributed by atoms with Gasteiger partial charge in [-0.3, -0.25) is 4.79 Å². The first-order valence-electron chi connectivity index (χ1n) is 9.56. The number of methoxy groups -OCH3 is 1. The number of carbonyl (C=O) groups is 2. The Balaban J connectivity index is 1.59. The lowest BCUT2D eigenvalue weighted by Gasteiger charge is -2.19. The zero-order chi connectivity index (χ0) is 20.1. The average Bonchev–Trinajstić information content (AvgIpc) is 3.12. The van der Waals surface area contributed by atoms with E-state index in [0.717, 1.165) is 41.1 Å². The van der Waals surface area contributed by atoms with Crippen LogP contribution in [-0.4, -0.2) is 25.6 Å². The van der Waals surface area contributed by atoms with Crippen LogP contribution in [0.3, 0.4) is 0 Å². The van der Waals surface area contributed by atoms with Crippen LogP contribution in [0.15, 0.2) is 42.5 Å². The Bertz CT molecular complexity index is 866. The Morgan fingerprint density at radius 3 is 2.79 bits per heavy atom. The summed E-state index contributed by atoms with van der Waals surface area (Å²) < 4.78 is 5.40. The molecule has 0 saturated carbocycles. The number of nitrogens with one attached hydrogen (secondary N) is 2. The van der Waals surface area contributed by atoms with E-state index in [9.17, 15) is 9.59 Å². The molecule has 3 rings (SSSR count). The molecule has 1 heterocycles. The molecule has 0 aliphatic carbocycles. The molecule has 3 amide bonds. The van der Waals surface area contributed by atoms with E-state index in [-0.39, 0.29) is 18.0 Å². The molecule has 148 valence electrons. The highest BCUT2D eigenvalue weighted by Gasteiger charge is 2.21. The molecule has 2 N–H and O–H groups in total. The van der Waals surface area contributed by atoms with Crippen LogP contribution in [0.2, 0.25) is 0 Å². The topological polar surface area (TPSA) is 70.7 Å². The fourth-order valence-corrected chi connectivity index (χ4v) is 3.46. The SMILES string of the molecule is COc1ccc(C)cc1C(C)NC(=O)NCc1cccc(N2CCCC2=O)c1. The molecule has 2 aromatic rings. The van der Waals surface area contributed by atoms with Gasteiger partial charge in [0.15, 0.2) is 0 Å². The van der Waals surface area contributed by atoms with E-state index in [0.29, 0.717) is 13.0 Å². The predicted octanol–water partition coefficient (Wildman–Crippen LogP) is 3.69. The van der Waals surface area contributed by atoms with Gasteiger partial charge in [0, 0.05) is 30.8 Å². The first kappa shape index (κ1) is 19.7. The molecule has 6 heteroatoms. The first-order chi connectivity index (χ1) is 13.5. The lowest BCUT2D eigenvalue weighted by molar-refractivity contribution is -0.117. The Morgan fingerprint density at radius 2 is 2.07 bits per heavy atom. The maximum atomic E-state index is 12.4. The maximum Gasteiger partial charge on any atom is 0.315 e. The van der Waals surface area contributed by atoms with E-state index in [2.05, 4.69) is 10.6 Å². The normalized spacial score (nSPS) is 14.7. The van der Waals surface area contributed by atoms with Gasteiger partial charge in [0.2, 0.25) is 5.91 Å². The molecule has 0 spiro atoms. The molecule has 0 aromatic heterocycles. The number of ether oxygens (including phenoxy) is 1. The summed E-state index contributed by atoms with van der Waals surface area (Å²) in [5.74, 6) is 0.908. The molecule has 0 bridgehead atoms. The second-order valence-electron chi connectivity index (χ2n) is 7.11. The van der Waals surface area contributed by atoms with Gasteiger partial charge in [0.1, 0.15) is 5.75 Å². The van der Waals surface area contributed by atoms with Gasteiger partial charge in [-0.05, 0) is 44.0 Å². The van der Waals surface area contributed by atoms with Crippen LogP contribution in [0.4, 0.5) is 10.5 Å². The predicted molar refractivity (Wildman–Crippen MR) is 110 cm³/mol. The number of anilines is 1. The summed E-state index contributed by atoms with van der Waals surface area (Å²) in [6.45, 7) is 5.08. The Labute approximate surface area is 165 Å². The molecule has 1 unspecified atom stereocenters. The monoisotopic (exact) mass is 381 g/mol. The molecule has 1 aliphatic heterocycles. The number of rotatable bonds is 6. The van der Waals surface area contributed by atoms with Crippen molar-refractivity contribution in [1.29, 1.82) is 0 Å². The first-order valence-corrected chi connectivity index (χ1v) is 9.56. The van der Waals surface area contributed by atoms with Gasteiger partial charge in [-0.1, -0.05) is 29.8 Å². The number of urea groups is 1. The van der Waals surface area contributed by atoms with Crippen LogP contribution in [0.25, 0.3) is 0 Å². The van der Waals surface area contributed by atoms with Crippen molar-refractivity contribution in [3.63, 3.8) is 0 Å². The fourth-order valence-electron chi connectivity index (χ4n) is 3.46. The van der Waals surface area contributed by atoms with Gasteiger partial charge in [-0.2, -0.15) is 0 Å². The number of hydrogen-bond donors (Lipinski definition) is 2. The summed E-state index contributed by atoms with van der Waals surface area (Å²) in [4.78, 5) is 26.1. The molecule has 1 atom stereocenters. The lowest BCUT2D eigenvalue weighted by atomic mass is 10.0. The molecule has 1 fully saturated rings. The van der Waals surface area contributed by atoms with Crippen LogP contribution >= 0.6 is 0 Å². The van der Waals surface area contributed by atoms with Gasteiger partial charge < -0.3 is 20.3 Å². The third kappa shape index (κ3) is 4.63. The lowest BCUT2D eigenvalue weighted by Crippen LogP contribution is -2.36. The molecule has 2 aromatic carbocycles. The van der Waals surface area contributed by atoms with Gasteiger partial charge in [0.05, 0.1) is 13.2 Å². The number of carbonyl (C=O) groups excluding carboxylic acids is 2. The molecule has 6 nitrogen and oxygen atoms in total. The maximum absolute atomic E-state index is 12.4. The smallest absolute Gasteiger partial charge is 0.315 e. The van der Waals surface area contributed by atoms with Crippen LogP contribution in [0, 0.1) is 6.92 Å². The van der Waals surface area contributed by atoms with Crippen LogP contribution in [-0.2, 0) is 11.3 Å². The summed E-state index contributed by atoms with van der Waals surface area (Å²) in [6.07, 6.45) is 1.50. The highest BCUT2D eigenvalue weighted by Crippen LogP contribution is 2.26. The molecular weight excluding hydrogens is 354 g/mol. The Morgan fingerprint density at radius 1 is 1.25 bits per heavy atom. The third-order valence-electron chi connectivity index (χ3n) is 4.95. The van der Waals surface area contributed by atoms with Crippen molar-refractivity contribution in [1.82, 2.24) is 10.6 Å². The third-order valence-corrected chi connectivity index (χ3v) is 4.95. The molecule has 0 radical (unpaired) electrons. The number of amides is 3. The van der Waals surface area contributed by atoms with Crippen molar-refractivity contribution in [3.05, 3.63) is 59.2 Å². The van der Waals surface area contributed by atoms with Gasteiger partial charge in [-0.25, -0.2) is 4.79 Å².